The predicted octanol–water partition coefficient (Wildman–Crippen LogP) is 3.12. The fourth-order valence-corrected chi connectivity index (χ4v) is 3.09. The second kappa shape index (κ2) is 6.76. The van der Waals surface area contributed by atoms with Crippen molar-refractivity contribution in [2.45, 2.75) is 12.8 Å². The third kappa shape index (κ3) is 3.24. The van der Waals surface area contributed by atoms with Crippen LogP contribution in [0.2, 0.25) is 0 Å². The quantitative estimate of drug-likeness (QED) is 0.797. The van der Waals surface area contributed by atoms with Gasteiger partial charge in [-0.05, 0) is 43.2 Å². The van der Waals surface area contributed by atoms with E-state index in [1.807, 2.05) is 47.2 Å². The Morgan fingerprint density at radius 1 is 1.08 bits per heavy atom. The molecule has 0 bridgehead atoms. The Bertz CT molecular complexity index is 869. The van der Waals surface area contributed by atoms with Crippen LogP contribution in [0.4, 0.5) is 11.5 Å². The smallest absolute Gasteiger partial charge is 0.255 e. The molecule has 1 fully saturated rings. The number of aromatic nitrogens is 3. The van der Waals surface area contributed by atoms with Crippen LogP contribution in [-0.4, -0.2) is 33.5 Å². The number of anilines is 2. The van der Waals surface area contributed by atoms with Gasteiger partial charge in [-0.1, -0.05) is 6.07 Å². The Hall–Kier alpha value is -3.15. The number of nitrogens with one attached hydrogen (secondary N) is 1. The van der Waals surface area contributed by atoms with Gasteiger partial charge in [0.1, 0.15) is 0 Å². The SMILES string of the molecule is O=C(Nc1cccnc1N1CCCC1)c1cccc(-n2ccnc2)c1. The largest absolute Gasteiger partial charge is 0.355 e. The van der Waals surface area contributed by atoms with Crippen LogP contribution in [0.25, 0.3) is 5.69 Å². The van der Waals surface area contributed by atoms with E-state index >= 15 is 0 Å². The van der Waals surface area contributed by atoms with Crippen LogP contribution < -0.4 is 10.2 Å². The van der Waals surface area contributed by atoms with E-state index in [1.54, 1.807) is 18.7 Å². The molecule has 2 aromatic heterocycles. The fraction of sp³-hybridized carbons (Fsp3) is 0.211. The Balaban J connectivity index is 1.58. The molecule has 6 heteroatoms. The van der Waals surface area contributed by atoms with Gasteiger partial charge in [-0.2, -0.15) is 0 Å². The minimum absolute atomic E-state index is 0.143. The van der Waals surface area contributed by atoms with Crippen LogP contribution in [0.15, 0.2) is 61.3 Å². The lowest BCUT2D eigenvalue weighted by molar-refractivity contribution is 0.102. The van der Waals surface area contributed by atoms with Crippen molar-refractivity contribution in [3.05, 3.63) is 66.9 Å². The molecular weight excluding hydrogens is 314 g/mol. The highest BCUT2D eigenvalue weighted by Gasteiger charge is 2.18. The molecule has 0 spiro atoms. The molecule has 1 aromatic carbocycles. The van der Waals surface area contributed by atoms with Gasteiger partial charge in [0.15, 0.2) is 5.82 Å². The lowest BCUT2D eigenvalue weighted by Gasteiger charge is -2.20. The van der Waals surface area contributed by atoms with E-state index in [1.165, 1.54) is 0 Å². The summed E-state index contributed by atoms with van der Waals surface area (Å²) in [5.74, 6) is 0.703. The highest BCUT2D eigenvalue weighted by Crippen LogP contribution is 2.26. The van der Waals surface area contributed by atoms with Crippen LogP contribution in [0, 0.1) is 0 Å². The summed E-state index contributed by atoms with van der Waals surface area (Å²) in [6.45, 7) is 1.96. The molecule has 1 aliphatic rings. The van der Waals surface area contributed by atoms with Crippen molar-refractivity contribution in [2.24, 2.45) is 0 Å². The number of pyridine rings is 1. The maximum atomic E-state index is 12.7. The summed E-state index contributed by atoms with van der Waals surface area (Å²) in [4.78, 5) is 23.5. The molecule has 6 nitrogen and oxygen atoms in total. The normalized spacial score (nSPS) is 13.8. The first-order valence-electron chi connectivity index (χ1n) is 8.41. The summed E-state index contributed by atoms with van der Waals surface area (Å²) < 4.78 is 1.87. The standard InChI is InChI=1S/C19H19N5O/c25-19(15-5-3-6-16(13-15)24-12-9-20-14-24)22-17-7-4-8-21-18(17)23-10-1-2-11-23/h3-9,12-14H,1-2,10-11H2,(H,22,25). The molecule has 1 N–H and O–H groups in total. The molecule has 1 aliphatic heterocycles. The van der Waals surface area contributed by atoms with Crippen molar-refractivity contribution in [1.29, 1.82) is 0 Å². The summed E-state index contributed by atoms with van der Waals surface area (Å²) in [7, 11) is 0. The third-order valence-corrected chi connectivity index (χ3v) is 4.35. The monoisotopic (exact) mass is 333 g/mol. The molecule has 0 radical (unpaired) electrons. The molecule has 1 saturated heterocycles. The fourth-order valence-electron chi connectivity index (χ4n) is 3.09. The number of nitrogens with zero attached hydrogens (tertiary/aromatic N) is 4. The molecule has 3 aromatic rings. The van der Waals surface area contributed by atoms with Crippen LogP contribution in [0.1, 0.15) is 23.2 Å². The Kier molecular flexibility index (Phi) is 4.16. The van der Waals surface area contributed by atoms with Gasteiger partial charge in [-0.15, -0.1) is 0 Å². The zero-order valence-electron chi connectivity index (χ0n) is 13.8. The number of carbonyl (C=O) groups excluding carboxylic acids is 1. The number of carbonyl (C=O) groups is 1. The van der Waals surface area contributed by atoms with Gasteiger partial charge in [0.25, 0.3) is 5.91 Å². The molecule has 126 valence electrons. The van der Waals surface area contributed by atoms with E-state index in [-0.39, 0.29) is 5.91 Å². The molecule has 0 aliphatic carbocycles. The van der Waals surface area contributed by atoms with Crippen LogP contribution in [0.3, 0.4) is 0 Å². The maximum absolute atomic E-state index is 12.7. The molecule has 0 saturated carbocycles. The van der Waals surface area contributed by atoms with E-state index in [2.05, 4.69) is 20.2 Å². The number of hydrogen-bond acceptors (Lipinski definition) is 4. The topological polar surface area (TPSA) is 63.1 Å². The zero-order chi connectivity index (χ0) is 17.1. The molecule has 0 unspecified atom stereocenters. The Morgan fingerprint density at radius 3 is 2.76 bits per heavy atom. The van der Waals surface area contributed by atoms with Crippen LogP contribution in [0.5, 0.6) is 0 Å². The van der Waals surface area contributed by atoms with Crippen molar-refractivity contribution in [3.63, 3.8) is 0 Å². The highest BCUT2D eigenvalue weighted by molar-refractivity contribution is 6.06. The number of amides is 1. The van der Waals surface area contributed by atoms with Gasteiger partial charge in [-0.25, -0.2) is 9.97 Å². The van der Waals surface area contributed by atoms with Gasteiger partial charge in [0, 0.05) is 42.9 Å². The van der Waals surface area contributed by atoms with Gasteiger partial charge >= 0.3 is 0 Å². The van der Waals surface area contributed by atoms with Crippen molar-refractivity contribution in [2.75, 3.05) is 23.3 Å². The van der Waals surface area contributed by atoms with Gasteiger partial charge < -0.3 is 14.8 Å². The van der Waals surface area contributed by atoms with E-state index < -0.39 is 0 Å². The minimum atomic E-state index is -0.143. The molecule has 25 heavy (non-hydrogen) atoms. The van der Waals surface area contributed by atoms with Gasteiger partial charge in [0.2, 0.25) is 0 Å². The predicted molar refractivity (Wildman–Crippen MR) is 97.2 cm³/mol. The van der Waals surface area contributed by atoms with E-state index in [9.17, 15) is 4.79 Å². The average Bonchev–Trinajstić information content (AvgIpc) is 3.36. The summed E-state index contributed by atoms with van der Waals surface area (Å²) in [5.41, 5.74) is 2.25. The first-order chi connectivity index (χ1) is 12.3. The molecule has 0 atom stereocenters. The third-order valence-electron chi connectivity index (χ3n) is 4.35. The Labute approximate surface area is 146 Å². The summed E-state index contributed by atoms with van der Waals surface area (Å²) >= 11 is 0. The van der Waals surface area contributed by atoms with E-state index in [0.717, 1.165) is 43.1 Å². The first kappa shape index (κ1) is 15.4. The first-order valence-corrected chi connectivity index (χ1v) is 8.41. The van der Waals surface area contributed by atoms with Crippen molar-refractivity contribution in [3.8, 4) is 5.69 Å². The van der Waals surface area contributed by atoms with Gasteiger partial charge in [0.05, 0.1) is 12.0 Å². The second-order valence-electron chi connectivity index (χ2n) is 6.04. The minimum Gasteiger partial charge on any atom is -0.355 e. The summed E-state index contributed by atoms with van der Waals surface area (Å²) in [6, 6.07) is 11.2. The number of benzene rings is 1. The van der Waals surface area contributed by atoms with Crippen LogP contribution >= 0.6 is 0 Å². The zero-order valence-corrected chi connectivity index (χ0v) is 13.8. The van der Waals surface area contributed by atoms with Crippen molar-refractivity contribution < 1.29 is 4.79 Å². The molecule has 3 heterocycles. The molecule has 4 rings (SSSR count). The number of rotatable bonds is 4. The second-order valence-corrected chi connectivity index (χ2v) is 6.04. The lowest BCUT2D eigenvalue weighted by atomic mass is 10.2. The number of imidazole rings is 1. The van der Waals surface area contributed by atoms with Crippen LogP contribution in [-0.2, 0) is 0 Å². The summed E-state index contributed by atoms with van der Waals surface area (Å²) in [6.07, 6.45) is 9.37. The summed E-state index contributed by atoms with van der Waals surface area (Å²) in [5, 5.41) is 3.01. The van der Waals surface area contributed by atoms with E-state index in [0.29, 0.717) is 5.56 Å². The van der Waals surface area contributed by atoms with Crippen molar-refractivity contribution >= 4 is 17.4 Å². The molecular formula is C19H19N5O. The van der Waals surface area contributed by atoms with Crippen molar-refractivity contribution in [1.82, 2.24) is 14.5 Å². The number of hydrogen-bond donors (Lipinski definition) is 1. The Morgan fingerprint density at radius 2 is 1.96 bits per heavy atom. The molecule has 1 amide bonds. The maximum Gasteiger partial charge on any atom is 0.255 e. The highest BCUT2D eigenvalue weighted by atomic mass is 16.1. The lowest BCUT2D eigenvalue weighted by Crippen LogP contribution is -2.22. The van der Waals surface area contributed by atoms with Gasteiger partial charge in [-0.3, -0.25) is 4.79 Å². The van der Waals surface area contributed by atoms with E-state index in [4.69, 9.17) is 0 Å². The average molecular weight is 333 g/mol.